The Morgan fingerprint density at radius 1 is 1.33 bits per heavy atom. The van der Waals surface area contributed by atoms with E-state index in [1.165, 1.54) is 6.39 Å². The van der Waals surface area contributed by atoms with Crippen molar-refractivity contribution in [1.29, 1.82) is 0 Å². The predicted octanol–water partition coefficient (Wildman–Crippen LogP) is 3.03. The number of anilines is 2. The first-order chi connectivity index (χ1) is 9.92. The summed E-state index contributed by atoms with van der Waals surface area (Å²) in [4.78, 5) is 19.5. The normalized spacial score (nSPS) is 11.0. The number of aromatic nitrogens is 2. The largest absolute Gasteiger partial charge is 0.447 e. The summed E-state index contributed by atoms with van der Waals surface area (Å²) in [5.74, 6) is 1.15. The third-order valence-corrected chi connectivity index (χ3v) is 2.34. The van der Waals surface area contributed by atoms with Crippen LogP contribution in [0.3, 0.4) is 0 Å². The molecule has 0 atom stereocenters. The zero-order valence-electron chi connectivity index (χ0n) is 12.2. The number of rotatable bonds is 4. The fourth-order valence-electron chi connectivity index (χ4n) is 1.50. The van der Waals surface area contributed by atoms with E-state index >= 15 is 0 Å². The smallest absolute Gasteiger partial charge is 0.413 e. The maximum Gasteiger partial charge on any atom is 0.413 e. The van der Waals surface area contributed by atoms with E-state index in [2.05, 4.69) is 20.6 Å². The third kappa shape index (κ3) is 5.13. The van der Waals surface area contributed by atoms with Crippen LogP contribution in [0.5, 0.6) is 0 Å². The van der Waals surface area contributed by atoms with Crippen molar-refractivity contribution in [2.24, 2.45) is 0 Å². The van der Waals surface area contributed by atoms with Crippen LogP contribution in [0.2, 0.25) is 0 Å². The van der Waals surface area contributed by atoms with Crippen molar-refractivity contribution in [2.45, 2.75) is 32.9 Å². The second kappa shape index (κ2) is 6.25. The quantitative estimate of drug-likeness (QED) is 0.899. The van der Waals surface area contributed by atoms with Gasteiger partial charge in [0.05, 0.1) is 24.6 Å². The number of ether oxygens (including phenoxy) is 1. The number of carbonyl (C=O) groups excluding carboxylic acids is 1. The minimum atomic E-state index is -0.539. The molecule has 2 heterocycles. The van der Waals surface area contributed by atoms with E-state index in [1.54, 1.807) is 45.3 Å². The van der Waals surface area contributed by atoms with Crippen LogP contribution in [0.1, 0.15) is 26.5 Å². The molecule has 2 aromatic heterocycles. The molecule has 0 saturated heterocycles. The summed E-state index contributed by atoms with van der Waals surface area (Å²) >= 11 is 0. The van der Waals surface area contributed by atoms with E-state index in [1.807, 2.05) is 0 Å². The molecule has 0 radical (unpaired) electrons. The highest BCUT2D eigenvalue weighted by Crippen LogP contribution is 2.13. The van der Waals surface area contributed by atoms with Crippen molar-refractivity contribution in [3.8, 4) is 0 Å². The number of hydrogen-bond acceptors (Lipinski definition) is 6. The fourth-order valence-corrected chi connectivity index (χ4v) is 1.50. The van der Waals surface area contributed by atoms with Gasteiger partial charge in [-0.05, 0) is 32.9 Å². The highest BCUT2D eigenvalue weighted by atomic mass is 16.6. The number of nitrogens with zero attached hydrogens (tertiary/aromatic N) is 2. The summed E-state index contributed by atoms with van der Waals surface area (Å²) < 4.78 is 10.3. The molecule has 0 aliphatic heterocycles. The molecule has 7 nitrogen and oxygen atoms in total. The van der Waals surface area contributed by atoms with Gasteiger partial charge in [-0.25, -0.2) is 14.8 Å². The molecule has 1 amide bonds. The average Bonchev–Trinajstić information content (AvgIpc) is 2.89. The first-order valence-electron chi connectivity index (χ1n) is 6.50. The SMILES string of the molecule is CC(C)(C)OC(=O)Nc1ccc(NCc2cnco2)cn1. The first kappa shape index (κ1) is 14.8. The molecule has 21 heavy (non-hydrogen) atoms. The number of amides is 1. The van der Waals surface area contributed by atoms with Crippen molar-refractivity contribution in [3.63, 3.8) is 0 Å². The Balaban J connectivity index is 1.85. The van der Waals surface area contributed by atoms with Crippen LogP contribution < -0.4 is 10.6 Å². The summed E-state index contributed by atoms with van der Waals surface area (Å²) in [5, 5.41) is 5.69. The maximum absolute atomic E-state index is 11.6. The molecule has 0 saturated carbocycles. The predicted molar refractivity (Wildman–Crippen MR) is 77.9 cm³/mol. The standard InChI is InChI=1S/C14H18N4O3/c1-14(2,3)21-13(19)18-12-5-4-10(6-17-12)16-8-11-7-15-9-20-11/h4-7,9,16H,8H2,1-3H3,(H,17,18,19). The minimum absolute atomic E-state index is 0.425. The molecule has 2 N–H and O–H groups in total. The van der Waals surface area contributed by atoms with Gasteiger partial charge in [-0.3, -0.25) is 5.32 Å². The second-order valence-electron chi connectivity index (χ2n) is 5.38. The monoisotopic (exact) mass is 290 g/mol. The molecule has 0 aliphatic carbocycles. The van der Waals surface area contributed by atoms with Gasteiger partial charge in [0.1, 0.15) is 17.2 Å². The molecule has 0 fully saturated rings. The van der Waals surface area contributed by atoms with Crippen molar-refractivity contribution >= 4 is 17.6 Å². The van der Waals surface area contributed by atoms with Crippen LogP contribution in [0.4, 0.5) is 16.3 Å². The highest BCUT2D eigenvalue weighted by Gasteiger charge is 2.16. The van der Waals surface area contributed by atoms with Gasteiger partial charge in [-0.2, -0.15) is 0 Å². The van der Waals surface area contributed by atoms with Crippen LogP contribution in [-0.4, -0.2) is 21.7 Å². The minimum Gasteiger partial charge on any atom is -0.447 e. The summed E-state index contributed by atoms with van der Waals surface area (Å²) in [5.41, 5.74) is 0.268. The Labute approximate surface area is 122 Å². The van der Waals surface area contributed by atoms with E-state index in [9.17, 15) is 4.79 Å². The zero-order chi connectivity index (χ0) is 15.3. The van der Waals surface area contributed by atoms with Gasteiger partial charge >= 0.3 is 6.09 Å². The maximum atomic E-state index is 11.6. The molecule has 0 unspecified atom stereocenters. The fraction of sp³-hybridized carbons (Fsp3) is 0.357. The Morgan fingerprint density at radius 3 is 2.71 bits per heavy atom. The van der Waals surface area contributed by atoms with Crippen LogP contribution in [0, 0.1) is 0 Å². The summed E-state index contributed by atoms with van der Waals surface area (Å²) in [7, 11) is 0. The van der Waals surface area contributed by atoms with E-state index in [0.29, 0.717) is 12.4 Å². The number of nitrogens with one attached hydrogen (secondary N) is 2. The number of carbonyl (C=O) groups is 1. The lowest BCUT2D eigenvalue weighted by atomic mass is 10.2. The van der Waals surface area contributed by atoms with Gasteiger partial charge in [-0.1, -0.05) is 0 Å². The average molecular weight is 290 g/mol. The second-order valence-corrected chi connectivity index (χ2v) is 5.38. The molecule has 112 valence electrons. The van der Waals surface area contributed by atoms with E-state index in [4.69, 9.17) is 9.15 Å². The topological polar surface area (TPSA) is 89.3 Å². The molecule has 2 aromatic rings. The molecule has 2 rings (SSSR count). The van der Waals surface area contributed by atoms with Gasteiger partial charge in [0.2, 0.25) is 0 Å². The number of pyridine rings is 1. The van der Waals surface area contributed by atoms with E-state index < -0.39 is 11.7 Å². The van der Waals surface area contributed by atoms with E-state index in [-0.39, 0.29) is 0 Å². The Bertz CT molecular complexity index is 573. The zero-order valence-corrected chi connectivity index (χ0v) is 12.2. The van der Waals surface area contributed by atoms with Crippen LogP contribution in [-0.2, 0) is 11.3 Å². The summed E-state index contributed by atoms with van der Waals surface area (Å²) in [6.45, 7) is 5.92. The van der Waals surface area contributed by atoms with Crippen LogP contribution in [0.25, 0.3) is 0 Å². The van der Waals surface area contributed by atoms with Crippen molar-refractivity contribution < 1.29 is 13.9 Å². The Morgan fingerprint density at radius 2 is 2.14 bits per heavy atom. The Hall–Kier alpha value is -2.57. The van der Waals surface area contributed by atoms with Gasteiger partial charge in [0, 0.05) is 0 Å². The summed E-state index contributed by atoms with van der Waals surface area (Å²) in [6.07, 6.45) is 4.10. The van der Waals surface area contributed by atoms with Crippen LogP contribution in [0.15, 0.2) is 35.3 Å². The summed E-state index contributed by atoms with van der Waals surface area (Å²) in [6, 6.07) is 3.49. The molecular weight excluding hydrogens is 272 g/mol. The van der Waals surface area contributed by atoms with Gasteiger partial charge in [0.25, 0.3) is 0 Å². The number of oxazole rings is 1. The first-order valence-corrected chi connectivity index (χ1v) is 6.50. The molecule has 0 bridgehead atoms. The molecule has 7 heteroatoms. The molecule has 0 aromatic carbocycles. The lowest BCUT2D eigenvalue weighted by molar-refractivity contribution is 0.0635. The third-order valence-electron chi connectivity index (χ3n) is 2.34. The molecule has 0 aliphatic rings. The Kier molecular flexibility index (Phi) is 4.42. The van der Waals surface area contributed by atoms with E-state index in [0.717, 1.165) is 11.4 Å². The molecular formula is C14H18N4O3. The van der Waals surface area contributed by atoms with Crippen molar-refractivity contribution in [2.75, 3.05) is 10.6 Å². The van der Waals surface area contributed by atoms with Crippen molar-refractivity contribution in [1.82, 2.24) is 9.97 Å². The van der Waals surface area contributed by atoms with Crippen molar-refractivity contribution in [3.05, 3.63) is 36.7 Å². The van der Waals surface area contributed by atoms with Gasteiger partial charge in [-0.15, -0.1) is 0 Å². The van der Waals surface area contributed by atoms with Gasteiger partial charge in [0.15, 0.2) is 6.39 Å². The lowest BCUT2D eigenvalue weighted by Crippen LogP contribution is -2.27. The lowest BCUT2D eigenvalue weighted by Gasteiger charge is -2.19. The van der Waals surface area contributed by atoms with Crippen LogP contribution >= 0.6 is 0 Å². The highest BCUT2D eigenvalue weighted by molar-refractivity contribution is 5.83. The molecule has 0 spiro atoms. The van der Waals surface area contributed by atoms with Gasteiger partial charge < -0.3 is 14.5 Å². The number of hydrogen-bond donors (Lipinski definition) is 2.